The molecule has 154 valence electrons. The van der Waals surface area contributed by atoms with E-state index in [4.69, 9.17) is 10.5 Å². The summed E-state index contributed by atoms with van der Waals surface area (Å²) >= 11 is 0. The number of quaternary nitrogens is 2. The smallest absolute Gasteiger partial charge is 0.231 e. The van der Waals surface area contributed by atoms with Gasteiger partial charge in [-0.1, -0.05) is 24.3 Å². The standard InChI is InChI=1S/C24H14N4O4/c25-11-13-1-7-17-19(9-13)27(31)21(23(17)29)15-3-5-16(6-4-15)22-24(30)18-8-2-14(12-26)10-20(18)28(22)32/h1-10,21-22,27-28H. The Morgan fingerprint density at radius 1 is 0.656 bits per heavy atom. The molecule has 2 aliphatic heterocycles. The van der Waals surface area contributed by atoms with Crippen LogP contribution in [0.5, 0.6) is 0 Å². The Labute approximate surface area is 182 Å². The molecule has 8 nitrogen and oxygen atoms in total. The zero-order valence-electron chi connectivity index (χ0n) is 16.5. The van der Waals surface area contributed by atoms with Gasteiger partial charge in [-0.25, -0.2) is 0 Å². The number of carbonyl (C=O) groups excluding carboxylic acids is 2. The van der Waals surface area contributed by atoms with Gasteiger partial charge in [-0.05, 0) is 24.3 Å². The number of ketones is 2. The first-order chi connectivity index (χ1) is 15.4. The summed E-state index contributed by atoms with van der Waals surface area (Å²) in [5.74, 6) is -0.682. The second-order valence-electron chi connectivity index (χ2n) is 7.73. The molecule has 2 heterocycles. The maximum Gasteiger partial charge on any atom is 0.231 e. The molecule has 0 fully saturated rings. The fourth-order valence-electron chi connectivity index (χ4n) is 4.41. The molecule has 8 heteroatoms. The first-order valence-corrected chi connectivity index (χ1v) is 9.79. The van der Waals surface area contributed by atoms with Crippen LogP contribution in [0, 0.1) is 33.1 Å². The lowest BCUT2D eigenvalue weighted by molar-refractivity contribution is -0.797. The highest BCUT2D eigenvalue weighted by atomic mass is 16.5. The Bertz CT molecular complexity index is 1280. The van der Waals surface area contributed by atoms with E-state index in [-0.39, 0.29) is 44.2 Å². The molecule has 0 saturated carbocycles. The van der Waals surface area contributed by atoms with Gasteiger partial charge in [0.2, 0.25) is 11.6 Å². The zero-order valence-corrected chi connectivity index (χ0v) is 16.5. The van der Waals surface area contributed by atoms with E-state index in [1.807, 2.05) is 12.1 Å². The van der Waals surface area contributed by atoms with E-state index in [9.17, 15) is 20.0 Å². The number of fused-ring (bicyclic) bond motifs is 2. The van der Waals surface area contributed by atoms with Gasteiger partial charge in [-0.2, -0.15) is 10.5 Å². The summed E-state index contributed by atoms with van der Waals surface area (Å²) in [7, 11) is 0. The molecule has 4 atom stereocenters. The molecule has 3 aromatic rings. The molecule has 0 bridgehead atoms. The number of nitrogens with one attached hydrogen (secondary N) is 2. The fraction of sp³-hybridized carbons (Fsp3) is 0.0833. The summed E-state index contributed by atoms with van der Waals surface area (Å²) in [6.07, 6.45) is 0. The average Bonchev–Trinajstić information content (AvgIpc) is 3.22. The molecule has 0 aromatic heterocycles. The number of nitrogens with zero attached hydrogens (tertiary/aromatic N) is 2. The minimum absolute atomic E-state index is 0.230. The molecule has 2 aliphatic rings. The van der Waals surface area contributed by atoms with Crippen LogP contribution in [-0.4, -0.2) is 11.6 Å². The molecule has 2 N–H and O–H groups in total. The van der Waals surface area contributed by atoms with Gasteiger partial charge in [0, 0.05) is 23.3 Å². The number of hydroxylamine groups is 2. The molecule has 0 amide bonds. The third kappa shape index (κ3) is 2.77. The molecular weight excluding hydrogens is 408 g/mol. The minimum Gasteiger partial charge on any atom is -0.628 e. The van der Waals surface area contributed by atoms with Crippen molar-refractivity contribution in [1.29, 1.82) is 10.5 Å². The Kier molecular flexibility index (Phi) is 4.45. The monoisotopic (exact) mass is 422 g/mol. The number of carbonyl (C=O) groups is 2. The highest BCUT2D eigenvalue weighted by Gasteiger charge is 2.42. The van der Waals surface area contributed by atoms with E-state index >= 15 is 0 Å². The van der Waals surface area contributed by atoms with Gasteiger partial charge in [0.05, 0.1) is 34.4 Å². The second-order valence-corrected chi connectivity index (χ2v) is 7.73. The molecule has 0 radical (unpaired) electrons. The van der Waals surface area contributed by atoms with Crippen LogP contribution in [0.4, 0.5) is 11.4 Å². The van der Waals surface area contributed by atoms with Crippen LogP contribution in [-0.2, 0) is 0 Å². The Morgan fingerprint density at radius 2 is 1.03 bits per heavy atom. The van der Waals surface area contributed by atoms with E-state index in [1.54, 1.807) is 24.3 Å². The van der Waals surface area contributed by atoms with Gasteiger partial charge in [-0.3, -0.25) is 9.59 Å². The summed E-state index contributed by atoms with van der Waals surface area (Å²) in [5.41, 5.74) is 2.56. The van der Waals surface area contributed by atoms with Crippen molar-refractivity contribution in [2.45, 2.75) is 12.1 Å². The quantitative estimate of drug-likeness (QED) is 0.598. The van der Waals surface area contributed by atoms with Crippen molar-refractivity contribution in [3.63, 3.8) is 0 Å². The predicted molar refractivity (Wildman–Crippen MR) is 111 cm³/mol. The normalized spacial score (nSPS) is 23.4. The van der Waals surface area contributed by atoms with Crippen molar-refractivity contribution in [3.05, 3.63) is 104 Å². The number of Topliss-reactive ketones (excluding diaryl/α,β-unsaturated/α-hetero) is 2. The van der Waals surface area contributed by atoms with Crippen LogP contribution in [0.1, 0.15) is 55.1 Å². The third-order valence-electron chi connectivity index (χ3n) is 6.01. The molecular formula is C24H14N4O4. The van der Waals surface area contributed by atoms with Crippen molar-refractivity contribution < 1.29 is 19.7 Å². The fourth-order valence-corrected chi connectivity index (χ4v) is 4.41. The van der Waals surface area contributed by atoms with Gasteiger partial charge in [0.15, 0.2) is 12.1 Å². The molecule has 3 aromatic carbocycles. The van der Waals surface area contributed by atoms with Crippen LogP contribution in [0.15, 0.2) is 60.7 Å². The van der Waals surface area contributed by atoms with E-state index in [0.717, 1.165) is 0 Å². The van der Waals surface area contributed by atoms with Crippen molar-refractivity contribution in [1.82, 2.24) is 0 Å². The van der Waals surface area contributed by atoms with Gasteiger partial charge >= 0.3 is 0 Å². The van der Waals surface area contributed by atoms with Crippen molar-refractivity contribution in [2.75, 3.05) is 0 Å². The number of nitriles is 2. The highest BCUT2D eigenvalue weighted by molar-refractivity contribution is 6.06. The second kappa shape index (κ2) is 7.20. The Morgan fingerprint density at radius 3 is 1.38 bits per heavy atom. The Hall–Kier alpha value is -4.18. The van der Waals surface area contributed by atoms with Crippen LogP contribution in [0.25, 0.3) is 0 Å². The SMILES string of the molecule is N#Cc1ccc2c(c1)[NH+]([O-])C(c1ccc(C3C(=O)c4ccc(C#N)cc4[NH+]3[O-])cc1)C2=O. The summed E-state index contributed by atoms with van der Waals surface area (Å²) in [4.78, 5) is 25.6. The van der Waals surface area contributed by atoms with Crippen LogP contribution in [0.2, 0.25) is 0 Å². The van der Waals surface area contributed by atoms with Gasteiger partial charge in [-0.15, -0.1) is 0 Å². The van der Waals surface area contributed by atoms with Crippen molar-refractivity contribution >= 4 is 22.9 Å². The summed E-state index contributed by atoms with van der Waals surface area (Å²) < 4.78 is 0. The van der Waals surface area contributed by atoms with Crippen molar-refractivity contribution in [3.8, 4) is 12.1 Å². The summed E-state index contributed by atoms with van der Waals surface area (Å²) in [6.45, 7) is 0. The number of hydrogen-bond donors (Lipinski definition) is 2. The summed E-state index contributed by atoms with van der Waals surface area (Å²) in [6, 6.07) is 17.1. The molecule has 32 heavy (non-hydrogen) atoms. The highest BCUT2D eigenvalue weighted by Crippen LogP contribution is 2.31. The summed E-state index contributed by atoms with van der Waals surface area (Å²) in [5, 5.41) is 43.1. The lowest BCUT2D eigenvalue weighted by Gasteiger charge is -2.25. The molecule has 5 rings (SSSR count). The lowest BCUT2D eigenvalue weighted by atomic mass is 9.96. The number of benzene rings is 3. The first kappa shape index (κ1) is 19.8. The molecule has 0 saturated heterocycles. The molecule has 0 spiro atoms. The van der Waals surface area contributed by atoms with E-state index in [1.165, 1.54) is 36.4 Å². The minimum atomic E-state index is -1.02. The van der Waals surface area contributed by atoms with Crippen molar-refractivity contribution in [2.24, 2.45) is 0 Å². The van der Waals surface area contributed by atoms with E-state index in [0.29, 0.717) is 22.3 Å². The number of rotatable bonds is 2. The Balaban J connectivity index is 1.46. The molecule has 0 aliphatic carbocycles. The zero-order chi connectivity index (χ0) is 22.6. The third-order valence-corrected chi connectivity index (χ3v) is 6.01. The van der Waals surface area contributed by atoms with Gasteiger partial charge < -0.3 is 20.5 Å². The van der Waals surface area contributed by atoms with E-state index < -0.39 is 12.1 Å². The average molecular weight is 422 g/mol. The number of hydrogen-bond acceptors (Lipinski definition) is 6. The topological polar surface area (TPSA) is 137 Å². The maximum absolute atomic E-state index is 12.9. The lowest BCUT2D eigenvalue weighted by Crippen LogP contribution is -3.01. The molecule has 4 unspecified atom stereocenters. The van der Waals surface area contributed by atoms with Crippen LogP contribution >= 0.6 is 0 Å². The van der Waals surface area contributed by atoms with Crippen LogP contribution in [0.3, 0.4) is 0 Å². The van der Waals surface area contributed by atoms with Gasteiger partial charge in [0.25, 0.3) is 0 Å². The van der Waals surface area contributed by atoms with Gasteiger partial charge in [0.1, 0.15) is 11.4 Å². The van der Waals surface area contributed by atoms with E-state index in [2.05, 4.69) is 0 Å². The largest absolute Gasteiger partial charge is 0.628 e. The first-order valence-electron chi connectivity index (χ1n) is 9.79. The maximum atomic E-state index is 12.9. The van der Waals surface area contributed by atoms with Crippen LogP contribution < -0.4 is 10.1 Å². The predicted octanol–water partition coefficient (Wildman–Crippen LogP) is 1.33.